The first-order valence-electron chi connectivity index (χ1n) is 13.1. The molecule has 0 unspecified atom stereocenters. The van der Waals surface area contributed by atoms with Gasteiger partial charge in [-0.05, 0) is 55.2 Å². The Morgan fingerprint density at radius 3 is 2.62 bits per heavy atom. The second kappa shape index (κ2) is 13.1. The van der Waals surface area contributed by atoms with Crippen molar-refractivity contribution in [1.29, 1.82) is 0 Å². The Bertz CT molecular complexity index is 1170. The molecule has 0 bridgehead atoms. The normalized spacial score (nSPS) is 18.3. The highest BCUT2D eigenvalue weighted by Crippen LogP contribution is 2.39. The number of nitrogens with two attached hydrogens (primary N) is 1. The number of benzene rings is 1. The van der Waals surface area contributed by atoms with E-state index in [2.05, 4.69) is 42.9 Å². The number of ether oxygens (including phenoxy) is 1. The molecular formula is C27H38ClF2N5O4. The largest absolute Gasteiger partial charge is 0.434 e. The third-order valence-corrected chi connectivity index (χ3v) is 7.04. The molecule has 9 nitrogen and oxygen atoms in total. The molecule has 2 aromatic rings. The number of nitrogens with zero attached hydrogens (tertiary/aromatic N) is 3. The summed E-state index contributed by atoms with van der Waals surface area (Å²) in [6.45, 7) is 8.33. The SMILES string of the molecule is CCn1nc(C(=O)NC[C@H]2CC[C@H](C)CN2CC(=O)ON)c(Cl)c1-c1ccc(CC(C)(C)C)cc1OC(F)F. The molecule has 2 heterocycles. The summed E-state index contributed by atoms with van der Waals surface area (Å²) in [7, 11) is 0. The highest BCUT2D eigenvalue weighted by Gasteiger charge is 2.30. The predicted molar refractivity (Wildman–Crippen MR) is 145 cm³/mol. The Morgan fingerprint density at radius 2 is 2.00 bits per heavy atom. The zero-order valence-electron chi connectivity index (χ0n) is 23.1. The molecule has 0 saturated carbocycles. The molecule has 0 radical (unpaired) electrons. The number of likely N-dealkylation sites (tertiary alicyclic amines) is 1. The van der Waals surface area contributed by atoms with E-state index in [0.29, 0.717) is 36.7 Å². The summed E-state index contributed by atoms with van der Waals surface area (Å²) in [4.78, 5) is 31.2. The lowest BCUT2D eigenvalue weighted by Gasteiger charge is -2.37. The van der Waals surface area contributed by atoms with Crippen molar-refractivity contribution in [1.82, 2.24) is 20.0 Å². The Hall–Kier alpha value is -2.76. The smallest absolute Gasteiger partial charge is 0.387 e. The summed E-state index contributed by atoms with van der Waals surface area (Å²) in [5.41, 5.74) is 1.39. The molecule has 1 aliphatic rings. The molecule has 1 aliphatic heterocycles. The van der Waals surface area contributed by atoms with Crippen LogP contribution >= 0.6 is 11.6 Å². The van der Waals surface area contributed by atoms with Crippen molar-refractivity contribution in [3.8, 4) is 17.0 Å². The van der Waals surface area contributed by atoms with E-state index in [1.54, 1.807) is 12.1 Å². The number of alkyl halides is 2. The minimum Gasteiger partial charge on any atom is -0.434 e. The van der Waals surface area contributed by atoms with Gasteiger partial charge in [0.2, 0.25) is 0 Å². The molecular weight excluding hydrogens is 532 g/mol. The zero-order valence-corrected chi connectivity index (χ0v) is 23.9. The third kappa shape index (κ3) is 8.12. The highest BCUT2D eigenvalue weighted by atomic mass is 35.5. The number of rotatable bonds is 10. The van der Waals surface area contributed by atoms with Crippen LogP contribution in [0.3, 0.4) is 0 Å². The number of nitrogens with one attached hydrogen (secondary N) is 1. The summed E-state index contributed by atoms with van der Waals surface area (Å²) in [5, 5.41) is 7.30. The van der Waals surface area contributed by atoms with Gasteiger partial charge in [-0.25, -0.2) is 4.79 Å². The first kappa shape index (κ1) is 30.8. The van der Waals surface area contributed by atoms with Crippen LogP contribution in [0.15, 0.2) is 18.2 Å². The van der Waals surface area contributed by atoms with Crippen molar-refractivity contribution in [2.45, 2.75) is 73.1 Å². The highest BCUT2D eigenvalue weighted by molar-refractivity contribution is 6.36. The van der Waals surface area contributed by atoms with E-state index < -0.39 is 18.5 Å². The van der Waals surface area contributed by atoms with Crippen molar-refractivity contribution in [3.05, 3.63) is 34.5 Å². The van der Waals surface area contributed by atoms with Crippen molar-refractivity contribution >= 4 is 23.5 Å². The number of aromatic nitrogens is 2. The van der Waals surface area contributed by atoms with E-state index in [1.807, 2.05) is 17.9 Å². The van der Waals surface area contributed by atoms with Gasteiger partial charge in [0.05, 0.1) is 17.3 Å². The molecule has 216 valence electrons. The van der Waals surface area contributed by atoms with Crippen LogP contribution in [0.4, 0.5) is 8.78 Å². The maximum atomic E-state index is 13.4. The summed E-state index contributed by atoms with van der Waals surface area (Å²) < 4.78 is 33.1. The molecule has 1 aromatic heterocycles. The second-order valence-electron chi connectivity index (χ2n) is 11.2. The monoisotopic (exact) mass is 569 g/mol. The third-order valence-electron chi connectivity index (χ3n) is 6.68. The van der Waals surface area contributed by atoms with Crippen LogP contribution < -0.4 is 16.0 Å². The predicted octanol–water partition coefficient (Wildman–Crippen LogP) is 4.66. The van der Waals surface area contributed by atoms with Crippen LogP contribution in [-0.2, 0) is 22.6 Å². The van der Waals surface area contributed by atoms with Gasteiger partial charge < -0.3 is 14.9 Å². The Balaban J connectivity index is 1.87. The lowest BCUT2D eigenvalue weighted by molar-refractivity contribution is -0.146. The molecule has 3 N–H and O–H groups in total. The van der Waals surface area contributed by atoms with Gasteiger partial charge in [0.15, 0.2) is 5.69 Å². The number of halogens is 3. The minimum absolute atomic E-state index is 0.0209. The molecule has 0 aliphatic carbocycles. The van der Waals surface area contributed by atoms with Gasteiger partial charge in [-0.1, -0.05) is 45.4 Å². The van der Waals surface area contributed by atoms with E-state index >= 15 is 0 Å². The topological polar surface area (TPSA) is 112 Å². The zero-order chi connectivity index (χ0) is 28.9. The first-order chi connectivity index (χ1) is 18.3. The minimum atomic E-state index is -3.04. The van der Waals surface area contributed by atoms with Crippen LogP contribution in [0.1, 0.15) is 63.5 Å². The second-order valence-corrected chi connectivity index (χ2v) is 11.6. The summed E-state index contributed by atoms with van der Waals surface area (Å²) >= 11 is 6.68. The summed E-state index contributed by atoms with van der Waals surface area (Å²) in [6.07, 6.45) is 2.38. The number of carbonyl (C=O) groups is 2. The van der Waals surface area contributed by atoms with Gasteiger partial charge in [-0.15, -0.1) is 0 Å². The van der Waals surface area contributed by atoms with E-state index in [9.17, 15) is 18.4 Å². The standard InChI is InChI=1S/C27H38ClF2N5O4/c1-6-35-24(19-10-8-17(12-27(3,4)5)11-20(19)38-26(29)30)22(28)23(33-35)25(37)32-13-18-9-7-16(2)14-34(18)15-21(36)39-31/h8,10-11,16,18,26H,6-7,9,12-15,31H2,1-5H3,(H,32,37)/t16-,18+/m0/s1. The number of carbonyl (C=O) groups excluding carboxylic acids is 2. The number of hydrogen-bond donors (Lipinski definition) is 2. The Morgan fingerprint density at radius 1 is 1.28 bits per heavy atom. The summed E-state index contributed by atoms with van der Waals surface area (Å²) in [5.74, 6) is 4.31. The van der Waals surface area contributed by atoms with Crippen molar-refractivity contribution in [2.24, 2.45) is 17.2 Å². The van der Waals surface area contributed by atoms with Gasteiger partial charge in [-0.3, -0.25) is 14.4 Å². The van der Waals surface area contributed by atoms with Gasteiger partial charge >= 0.3 is 12.6 Å². The van der Waals surface area contributed by atoms with Crippen LogP contribution in [0.2, 0.25) is 5.02 Å². The van der Waals surface area contributed by atoms with E-state index in [1.165, 1.54) is 4.68 Å². The van der Waals surface area contributed by atoms with Gasteiger partial charge in [0.1, 0.15) is 5.75 Å². The molecule has 12 heteroatoms. The van der Waals surface area contributed by atoms with Crippen LogP contribution in [0.25, 0.3) is 11.3 Å². The Kier molecular flexibility index (Phi) is 10.3. The molecule has 2 atom stereocenters. The fraction of sp³-hybridized carbons (Fsp3) is 0.593. The van der Waals surface area contributed by atoms with Gasteiger partial charge in [-0.2, -0.15) is 19.8 Å². The maximum Gasteiger partial charge on any atom is 0.387 e. The quantitative estimate of drug-likeness (QED) is 0.400. The molecule has 0 spiro atoms. The maximum absolute atomic E-state index is 13.4. The average molecular weight is 570 g/mol. The lowest BCUT2D eigenvalue weighted by atomic mass is 9.87. The van der Waals surface area contributed by atoms with E-state index in [0.717, 1.165) is 18.4 Å². The molecule has 1 aromatic carbocycles. The number of aryl methyl sites for hydroxylation is 1. The molecule has 39 heavy (non-hydrogen) atoms. The Labute approximate surface area is 232 Å². The molecule has 1 fully saturated rings. The molecule has 1 saturated heterocycles. The van der Waals surface area contributed by atoms with E-state index in [4.69, 9.17) is 22.2 Å². The van der Waals surface area contributed by atoms with E-state index in [-0.39, 0.29) is 41.0 Å². The number of hydrogen-bond acceptors (Lipinski definition) is 7. The molecule has 1 amide bonds. The number of amides is 1. The fourth-order valence-corrected chi connectivity index (χ4v) is 5.29. The van der Waals surface area contributed by atoms with Gasteiger partial charge in [0, 0.05) is 31.2 Å². The first-order valence-corrected chi connectivity index (χ1v) is 13.5. The van der Waals surface area contributed by atoms with Crippen molar-refractivity contribution in [2.75, 3.05) is 19.6 Å². The lowest BCUT2D eigenvalue weighted by Crippen LogP contribution is -2.50. The molecule has 3 rings (SSSR count). The number of piperidine rings is 1. The van der Waals surface area contributed by atoms with Gasteiger partial charge in [0.25, 0.3) is 5.91 Å². The fourth-order valence-electron chi connectivity index (χ4n) is 4.97. The van der Waals surface area contributed by atoms with Crippen LogP contribution in [0, 0.1) is 11.3 Å². The van der Waals surface area contributed by atoms with Crippen molar-refractivity contribution in [3.63, 3.8) is 0 Å². The van der Waals surface area contributed by atoms with Crippen molar-refractivity contribution < 1.29 is 27.9 Å². The summed E-state index contributed by atoms with van der Waals surface area (Å²) in [6, 6.07) is 5.00. The van der Waals surface area contributed by atoms with Crippen LogP contribution in [0.5, 0.6) is 5.75 Å². The average Bonchev–Trinajstić information content (AvgIpc) is 3.18. The van der Waals surface area contributed by atoms with Crippen LogP contribution in [-0.4, -0.2) is 58.8 Å².